The van der Waals surface area contributed by atoms with Gasteiger partial charge in [0.1, 0.15) is 11.5 Å². The summed E-state index contributed by atoms with van der Waals surface area (Å²) in [5, 5.41) is 7.11. The Bertz CT molecular complexity index is 1030. The summed E-state index contributed by atoms with van der Waals surface area (Å²) >= 11 is 3.57. The van der Waals surface area contributed by atoms with Crippen LogP contribution in [-0.4, -0.2) is 35.3 Å². The third kappa shape index (κ3) is 3.80. The second kappa shape index (κ2) is 7.45. The number of hydrogen-bond donors (Lipinski definition) is 0. The second-order valence-corrected chi connectivity index (χ2v) is 9.70. The van der Waals surface area contributed by atoms with E-state index >= 15 is 0 Å². The van der Waals surface area contributed by atoms with Gasteiger partial charge in [-0.2, -0.15) is 13.9 Å². The van der Waals surface area contributed by atoms with Crippen LogP contribution in [-0.2, 0) is 4.74 Å². The molecule has 0 aliphatic carbocycles. The van der Waals surface area contributed by atoms with E-state index in [-0.39, 0.29) is 17.4 Å². The zero-order chi connectivity index (χ0) is 21.8. The summed E-state index contributed by atoms with van der Waals surface area (Å²) in [7, 11) is 0. The first-order valence-electron chi connectivity index (χ1n) is 10.3. The van der Waals surface area contributed by atoms with Crippen molar-refractivity contribution in [3.05, 3.63) is 58.1 Å². The molecule has 0 aromatic heterocycles. The Morgan fingerprint density at radius 1 is 1.19 bits per heavy atom. The van der Waals surface area contributed by atoms with Gasteiger partial charge in [-0.25, -0.2) is 5.01 Å². The van der Waals surface area contributed by atoms with Crippen molar-refractivity contribution in [2.24, 2.45) is 5.10 Å². The molecule has 8 heteroatoms. The van der Waals surface area contributed by atoms with E-state index in [1.54, 1.807) is 24.3 Å². The van der Waals surface area contributed by atoms with Crippen molar-refractivity contribution in [3.8, 4) is 11.5 Å². The molecule has 2 atom stereocenters. The molecule has 31 heavy (non-hydrogen) atoms. The van der Waals surface area contributed by atoms with Gasteiger partial charge in [0.05, 0.1) is 24.0 Å². The van der Waals surface area contributed by atoms with Crippen LogP contribution in [0.5, 0.6) is 11.5 Å². The van der Waals surface area contributed by atoms with Gasteiger partial charge in [0.15, 0.2) is 0 Å². The summed E-state index contributed by atoms with van der Waals surface area (Å²) < 4.78 is 43.0. The number of fused-ring (bicyclic) bond motifs is 4. The Kier molecular flexibility index (Phi) is 4.97. The van der Waals surface area contributed by atoms with E-state index in [1.807, 2.05) is 12.1 Å². The summed E-state index contributed by atoms with van der Waals surface area (Å²) in [5.41, 5.74) is 1.94. The van der Waals surface area contributed by atoms with Crippen molar-refractivity contribution >= 4 is 21.6 Å². The Morgan fingerprint density at radius 2 is 1.97 bits per heavy atom. The molecule has 5 rings (SSSR count). The largest absolute Gasteiger partial charge is 0.466 e. The normalized spacial score (nSPS) is 26.3. The SMILES string of the molecule is CC1(C)C[C@]2(CCO1)Oc1ccc(Br)cc1[C@H]1CC(c3ccc(OC(F)F)cc3)=NN12. The molecule has 0 saturated carbocycles. The van der Waals surface area contributed by atoms with E-state index < -0.39 is 12.3 Å². The Hall–Kier alpha value is -2.19. The van der Waals surface area contributed by atoms with E-state index in [1.165, 1.54) is 0 Å². The number of benzene rings is 2. The number of ether oxygens (including phenoxy) is 3. The van der Waals surface area contributed by atoms with Gasteiger partial charge in [-0.05, 0) is 61.9 Å². The molecule has 3 aliphatic rings. The fourth-order valence-corrected chi connectivity index (χ4v) is 5.21. The van der Waals surface area contributed by atoms with Crippen LogP contribution < -0.4 is 9.47 Å². The fourth-order valence-electron chi connectivity index (χ4n) is 4.83. The lowest BCUT2D eigenvalue weighted by Crippen LogP contribution is -2.60. The second-order valence-electron chi connectivity index (χ2n) is 8.78. The first kappa shape index (κ1) is 20.7. The van der Waals surface area contributed by atoms with Crippen molar-refractivity contribution in [3.63, 3.8) is 0 Å². The molecular weight excluding hydrogens is 470 g/mol. The highest BCUT2D eigenvalue weighted by Crippen LogP contribution is 2.52. The Labute approximate surface area is 188 Å². The molecule has 5 nitrogen and oxygen atoms in total. The molecule has 3 heterocycles. The van der Waals surface area contributed by atoms with Gasteiger partial charge in [0.25, 0.3) is 0 Å². The van der Waals surface area contributed by atoms with Crippen LogP contribution in [0, 0.1) is 0 Å². The van der Waals surface area contributed by atoms with Gasteiger partial charge < -0.3 is 14.2 Å². The Balaban J connectivity index is 1.53. The maximum atomic E-state index is 12.5. The number of hydrazone groups is 1. The molecule has 0 bridgehead atoms. The average Bonchev–Trinajstić information content (AvgIpc) is 3.15. The molecular formula is C23H23BrF2N2O3. The lowest BCUT2D eigenvalue weighted by molar-refractivity contribution is -0.212. The van der Waals surface area contributed by atoms with Gasteiger partial charge in [-0.3, -0.25) is 0 Å². The number of nitrogens with zero attached hydrogens (tertiary/aromatic N) is 2. The number of rotatable bonds is 3. The fraction of sp³-hybridized carbons (Fsp3) is 0.435. The highest BCUT2D eigenvalue weighted by molar-refractivity contribution is 9.10. The maximum absolute atomic E-state index is 12.5. The molecule has 2 aromatic carbocycles. The minimum Gasteiger partial charge on any atom is -0.466 e. The van der Waals surface area contributed by atoms with Crippen LogP contribution in [0.2, 0.25) is 0 Å². The standard InChI is InChI=1S/C23H23BrF2N2O3/c1-22(2)13-23(9-10-29-22)28-19(17-11-15(24)5-8-20(17)31-23)12-18(27-28)14-3-6-16(7-4-14)30-21(25)26/h3-8,11,19,21H,9-10,12-13H2,1-2H3/t19-,23+/m1/s1. The van der Waals surface area contributed by atoms with Crippen molar-refractivity contribution in [1.82, 2.24) is 5.01 Å². The predicted octanol–water partition coefficient (Wildman–Crippen LogP) is 5.88. The molecule has 0 radical (unpaired) electrons. The van der Waals surface area contributed by atoms with E-state index in [2.05, 4.69) is 45.6 Å². The lowest BCUT2D eigenvalue weighted by atomic mass is 9.86. The summed E-state index contributed by atoms with van der Waals surface area (Å²) in [6.07, 6.45) is 2.09. The minimum absolute atomic E-state index is 0.0298. The smallest absolute Gasteiger partial charge is 0.387 e. The van der Waals surface area contributed by atoms with Crippen LogP contribution in [0.25, 0.3) is 0 Å². The maximum Gasteiger partial charge on any atom is 0.387 e. The molecule has 2 aromatic rings. The van der Waals surface area contributed by atoms with Crippen LogP contribution in [0.4, 0.5) is 8.78 Å². The number of hydrogen-bond acceptors (Lipinski definition) is 5. The average molecular weight is 493 g/mol. The van der Waals surface area contributed by atoms with Crippen LogP contribution in [0.3, 0.4) is 0 Å². The van der Waals surface area contributed by atoms with Crippen molar-refractivity contribution in [2.45, 2.75) is 57.1 Å². The van der Waals surface area contributed by atoms with Crippen molar-refractivity contribution in [1.29, 1.82) is 0 Å². The monoisotopic (exact) mass is 492 g/mol. The van der Waals surface area contributed by atoms with Crippen LogP contribution >= 0.6 is 15.9 Å². The first-order chi connectivity index (χ1) is 14.7. The summed E-state index contributed by atoms with van der Waals surface area (Å²) in [6.45, 7) is 1.90. The summed E-state index contributed by atoms with van der Waals surface area (Å²) in [4.78, 5) is 0. The van der Waals surface area contributed by atoms with Crippen molar-refractivity contribution < 1.29 is 23.0 Å². The quantitative estimate of drug-likeness (QED) is 0.536. The minimum atomic E-state index is -2.84. The first-order valence-corrected chi connectivity index (χ1v) is 11.1. The van der Waals surface area contributed by atoms with Gasteiger partial charge in [-0.1, -0.05) is 15.9 Å². The highest BCUT2D eigenvalue weighted by atomic mass is 79.9. The molecule has 3 aliphatic heterocycles. The molecule has 0 unspecified atom stereocenters. The van der Waals surface area contributed by atoms with E-state index in [0.717, 1.165) is 27.1 Å². The molecule has 164 valence electrons. The number of halogens is 3. The highest BCUT2D eigenvalue weighted by Gasteiger charge is 2.54. The summed E-state index contributed by atoms with van der Waals surface area (Å²) in [6, 6.07) is 12.8. The third-order valence-electron chi connectivity index (χ3n) is 6.06. The van der Waals surface area contributed by atoms with Gasteiger partial charge >= 0.3 is 6.61 Å². The Morgan fingerprint density at radius 3 is 2.68 bits per heavy atom. The van der Waals surface area contributed by atoms with E-state index in [0.29, 0.717) is 25.9 Å². The van der Waals surface area contributed by atoms with Gasteiger partial charge in [-0.15, -0.1) is 0 Å². The third-order valence-corrected chi connectivity index (χ3v) is 6.55. The molecule has 1 fully saturated rings. The molecule has 0 N–H and O–H groups in total. The van der Waals surface area contributed by atoms with Gasteiger partial charge in [0.2, 0.25) is 5.72 Å². The lowest BCUT2D eigenvalue weighted by Gasteiger charge is -2.52. The van der Waals surface area contributed by atoms with Crippen molar-refractivity contribution in [2.75, 3.05) is 6.61 Å². The topological polar surface area (TPSA) is 43.3 Å². The van der Waals surface area contributed by atoms with Crippen LogP contribution in [0.15, 0.2) is 52.0 Å². The van der Waals surface area contributed by atoms with Crippen LogP contribution in [0.1, 0.15) is 50.3 Å². The zero-order valence-corrected chi connectivity index (χ0v) is 18.9. The van der Waals surface area contributed by atoms with Gasteiger partial charge in [0, 0.05) is 29.3 Å². The molecule has 1 saturated heterocycles. The number of alkyl halides is 2. The molecule has 1 spiro atoms. The van der Waals surface area contributed by atoms with E-state index in [4.69, 9.17) is 14.6 Å². The zero-order valence-electron chi connectivity index (χ0n) is 17.3. The predicted molar refractivity (Wildman–Crippen MR) is 116 cm³/mol. The van der Waals surface area contributed by atoms with E-state index in [9.17, 15) is 8.78 Å². The summed E-state index contributed by atoms with van der Waals surface area (Å²) in [5.74, 6) is 1.01. The molecule has 0 amide bonds.